The number of amidine groups is 1. The number of aromatic amines is 1. The Morgan fingerprint density at radius 3 is 2.52 bits per heavy atom. The number of aromatic hydroxyl groups is 1. The first-order chi connectivity index (χ1) is 11.2. The van der Waals surface area contributed by atoms with Crippen molar-refractivity contribution in [1.82, 2.24) is 4.98 Å². The number of aromatic nitrogens is 1. The molecule has 1 aromatic heterocycles. The minimum atomic E-state index is 0.0841. The van der Waals surface area contributed by atoms with Gasteiger partial charge in [0.05, 0.1) is 17.0 Å². The molecule has 5 heteroatoms. The highest BCUT2D eigenvalue weighted by Gasteiger charge is 2.10. The number of hydrogen-bond acceptors (Lipinski definition) is 3. The molecule has 0 saturated heterocycles. The number of nitrogens with two attached hydrogens (primary N) is 1. The number of rotatable bonds is 3. The second kappa shape index (κ2) is 6.08. The Labute approximate surface area is 133 Å². The minimum absolute atomic E-state index is 0.0841. The third-order valence-corrected chi connectivity index (χ3v) is 3.40. The summed E-state index contributed by atoms with van der Waals surface area (Å²) in [5.41, 5.74) is 7.96. The zero-order valence-electron chi connectivity index (χ0n) is 12.2. The lowest BCUT2D eigenvalue weighted by Gasteiger charge is -1.99. The summed E-state index contributed by atoms with van der Waals surface area (Å²) in [5.74, 6) is 0.178. The van der Waals surface area contributed by atoms with Crippen LogP contribution in [0, 0.1) is 11.3 Å². The lowest BCUT2D eigenvalue weighted by atomic mass is 10.2. The van der Waals surface area contributed by atoms with Crippen molar-refractivity contribution in [2.24, 2.45) is 10.7 Å². The minimum Gasteiger partial charge on any atom is -0.505 e. The molecule has 4 N–H and O–H groups in total. The van der Waals surface area contributed by atoms with Crippen LogP contribution in [0.5, 0.6) is 5.75 Å². The smallest absolute Gasteiger partial charge is 0.148 e. The van der Waals surface area contributed by atoms with E-state index in [4.69, 9.17) is 5.73 Å². The number of H-pyrrole nitrogens is 1. The quantitative estimate of drug-likeness (QED) is 0.392. The van der Waals surface area contributed by atoms with Gasteiger partial charge in [-0.05, 0) is 30.3 Å². The van der Waals surface area contributed by atoms with Gasteiger partial charge in [0.25, 0.3) is 0 Å². The van der Waals surface area contributed by atoms with Crippen LogP contribution in [0.4, 0.5) is 5.69 Å². The van der Waals surface area contributed by atoms with Gasteiger partial charge in [-0.25, -0.2) is 4.99 Å². The van der Waals surface area contributed by atoms with E-state index in [1.54, 1.807) is 18.2 Å². The van der Waals surface area contributed by atoms with E-state index in [0.717, 1.165) is 5.52 Å². The number of nitrogens with zero attached hydrogens (tertiary/aromatic N) is 2. The Kier molecular flexibility index (Phi) is 3.81. The number of benzene rings is 2. The average molecular weight is 302 g/mol. The number of hydrogen-bond donors (Lipinski definition) is 3. The van der Waals surface area contributed by atoms with Crippen LogP contribution in [0.1, 0.15) is 5.69 Å². The van der Waals surface area contributed by atoms with Crippen LogP contribution >= 0.6 is 0 Å². The largest absolute Gasteiger partial charge is 0.505 e. The topological polar surface area (TPSA) is 98.2 Å². The molecule has 0 bridgehead atoms. The first-order valence-corrected chi connectivity index (χ1v) is 7.00. The van der Waals surface area contributed by atoms with Crippen LogP contribution in [0.3, 0.4) is 0 Å². The summed E-state index contributed by atoms with van der Waals surface area (Å²) in [6, 6.07) is 18.5. The van der Waals surface area contributed by atoms with Crippen LogP contribution in [0.2, 0.25) is 0 Å². The first kappa shape index (κ1) is 14.4. The Morgan fingerprint density at radius 2 is 1.83 bits per heavy atom. The third-order valence-electron chi connectivity index (χ3n) is 3.40. The van der Waals surface area contributed by atoms with E-state index in [2.05, 4.69) is 9.98 Å². The summed E-state index contributed by atoms with van der Waals surface area (Å²) < 4.78 is 0. The molecule has 0 aliphatic heterocycles. The van der Waals surface area contributed by atoms with Crippen molar-refractivity contribution in [3.63, 3.8) is 0 Å². The molecule has 1 heterocycles. The molecule has 0 atom stereocenters. The fourth-order valence-electron chi connectivity index (χ4n) is 2.26. The molecular weight excluding hydrogens is 288 g/mol. The van der Waals surface area contributed by atoms with Crippen LogP contribution in [0.25, 0.3) is 17.0 Å². The maximum absolute atomic E-state index is 10.2. The molecule has 2 aromatic carbocycles. The van der Waals surface area contributed by atoms with Gasteiger partial charge in [-0.2, -0.15) is 5.26 Å². The Bertz CT molecular complexity index is 946. The highest BCUT2D eigenvalue weighted by molar-refractivity contribution is 6.06. The third kappa shape index (κ3) is 2.92. The SMILES string of the molecule is N#C/C(=C/c1[nH]c2ccccc2c1O)C(N)=Nc1ccccc1. The fourth-order valence-corrected chi connectivity index (χ4v) is 2.26. The predicted octanol–water partition coefficient (Wildman–Crippen LogP) is 3.47. The zero-order valence-corrected chi connectivity index (χ0v) is 12.2. The van der Waals surface area contributed by atoms with Gasteiger partial charge in [-0.1, -0.05) is 30.3 Å². The number of fused-ring (bicyclic) bond motifs is 1. The molecule has 3 aromatic rings. The van der Waals surface area contributed by atoms with E-state index in [0.29, 0.717) is 16.8 Å². The predicted molar refractivity (Wildman–Crippen MR) is 91.3 cm³/mol. The number of aliphatic imine (C=N–C) groups is 1. The molecule has 0 amide bonds. The number of nitrogens with one attached hydrogen (secondary N) is 1. The van der Waals surface area contributed by atoms with E-state index < -0.39 is 0 Å². The van der Waals surface area contributed by atoms with Gasteiger partial charge in [0.15, 0.2) is 0 Å². The van der Waals surface area contributed by atoms with Crippen molar-refractivity contribution in [3.8, 4) is 11.8 Å². The average Bonchev–Trinajstić information content (AvgIpc) is 2.90. The van der Waals surface area contributed by atoms with Crippen LogP contribution in [0.15, 0.2) is 65.2 Å². The zero-order chi connectivity index (χ0) is 16.2. The lowest BCUT2D eigenvalue weighted by molar-refractivity contribution is 0.480. The highest BCUT2D eigenvalue weighted by Crippen LogP contribution is 2.30. The van der Waals surface area contributed by atoms with Gasteiger partial charge in [0, 0.05) is 10.9 Å². The standard InChI is InChI=1S/C18H14N4O/c19-11-12(18(20)21-13-6-2-1-3-7-13)10-16-17(23)14-8-4-5-9-15(14)22-16/h1-10,22-23H,(H2,20,21)/b12-10-. The summed E-state index contributed by atoms with van der Waals surface area (Å²) >= 11 is 0. The molecule has 0 radical (unpaired) electrons. The molecule has 3 rings (SSSR count). The van der Waals surface area contributed by atoms with Crippen molar-refractivity contribution in [2.75, 3.05) is 0 Å². The van der Waals surface area contributed by atoms with Gasteiger partial charge in [0.2, 0.25) is 0 Å². The summed E-state index contributed by atoms with van der Waals surface area (Å²) in [6.45, 7) is 0. The van der Waals surface area contributed by atoms with E-state index in [9.17, 15) is 10.4 Å². The summed E-state index contributed by atoms with van der Waals surface area (Å²) in [7, 11) is 0. The van der Waals surface area contributed by atoms with Crippen molar-refractivity contribution >= 4 is 28.5 Å². The van der Waals surface area contributed by atoms with Crippen LogP contribution in [-0.4, -0.2) is 15.9 Å². The number of para-hydroxylation sites is 2. The molecule has 23 heavy (non-hydrogen) atoms. The molecule has 112 valence electrons. The number of nitriles is 1. The van der Waals surface area contributed by atoms with Gasteiger partial charge in [-0.3, -0.25) is 0 Å². The second-order valence-corrected chi connectivity index (χ2v) is 4.94. The molecular formula is C18H14N4O. The second-order valence-electron chi connectivity index (χ2n) is 4.94. The molecule has 5 nitrogen and oxygen atoms in total. The van der Waals surface area contributed by atoms with Crippen LogP contribution < -0.4 is 5.73 Å². The Hall–Kier alpha value is -3.52. The molecule has 0 spiro atoms. The van der Waals surface area contributed by atoms with E-state index in [1.807, 2.05) is 42.5 Å². The van der Waals surface area contributed by atoms with Gasteiger partial charge in [0.1, 0.15) is 17.7 Å². The molecule has 0 aliphatic rings. The van der Waals surface area contributed by atoms with Gasteiger partial charge in [-0.15, -0.1) is 0 Å². The van der Waals surface area contributed by atoms with E-state index in [1.165, 1.54) is 6.08 Å². The van der Waals surface area contributed by atoms with Crippen molar-refractivity contribution in [1.29, 1.82) is 5.26 Å². The van der Waals surface area contributed by atoms with Gasteiger partial charge < -0.3 is 15.8 Å². The lowest BCUT2D eigenvalue weighted by Crippen LogP contribution is -2.13. The fraction of sp³-hybridized carbons (Fsp3) is 0. The first-order valence-electron chi connectivity index (χ1n) is 7.00. The summed E-state index contributed by atoms with van der Waals surface area (Å²) in [5, 5.41) is 20.3. The van der Waals surface area contributed by atoms with Gasteiger partial charge >= 0.3 is 0 Å². The summed E-state index contributed by atoms with van der Waals surface area (Å²) in [6.07, 6.45) is 1.50. The maximum atomic E-state index is 10.2. The molecule has 0 unspecified atom stereocenters. The van der Waals surface area contributed by atoms with Crippen LogP contribution in [-0.2, 0) is 0 Å². The van der Waals surface area contributed by atoms with E-state index in [-0.39, 0.29) is 17.2 Å². The van der Waals surface area contributed by atoms with Crippen molar-refractivity contribution < 1.29 is 5.11 Å². The highest BCUT2D eigenvalue weighted by atomic mass is 16.3. The van der Waals surface area contributed by atoms with Crippen molar-refractivity contribution in [2.45, 2.75) is 0 Å². The Morgan fingerprint density at radius 1 is 1.13 bits per heavy atom. The molecule has 0 aliphatic carbocycles. The van der Waals surface area contributed by atoms with Crippen molar-refractivity contribution in [3.05, 3.63) is 65.9 Å². The molecule has 0 saturated carbocycles. The van der Waals surface area contributed by atoms with E-state index >= 15 is 0 Å². The molecule has 0 fully saturated rings. The normalized spacial score (nSPS) is 12.3. The monoisotopic (exact) mass is 302 g/mol. The Balaban J connectivity index is 2.03. The maximum Gasteiger partial charge on any atom is 0.148 e. The summed E-state index contributed by atoms with van der Waals surface area (Å²) in [4.78, 5) is 7.28.